The normalized spacial score (nSPS) is 9.35. The number of aryl methyl sites for hydroxylation is 3. The number of fused-ring (bicyclic) bond motifs is 1. The molecule has 0 aliphatic carbocycles. The van der Waals surface area contributed by atoms with Gasteiger partial charge in [-0.1, -0.05) is 35.9 Å². The Labute approximate surface area is 108 Å². The zero-order valence-electron chi connectivity index (χ0n) is 10.5. The molecule has 0 saturated heterocycles. The highest BCUT2D eigenvalue weighted by molar-refractivity contribution is 7.80. The first-order valence-electron chi connectivity index (χ1n) is 5.54. The molecule has 2 heteroatoms. The Morgan fingerprint density at radius 3 is 2.06 bits per heavy atom. The van der Waals surface area contributed by atoms with Gasteiger partial charge in [-0.2, -0.15) is 17.9 Å². The van der Waals surface area contributed by atoms with Crippen molar-refractivity contribution in [3.63, 3.8) is 0 Å². The number of hydrogen-bond donors (Lipinski definition) is 1. The van der Waals surface area contributed by atoms with Crippen molar-refractivity contribution < 1.29 is 0 Å². The maximum Gasteiger partial charge on any atom is 0.0777 e. The highest BCUT2D eigenvalue weighted by atomic mass is 32.1. The van der Waals surface area contributed by atoms with Crippen molar-refractivity contribution in [3.05, 3.63) is 47.0 Å². The summed E-state index contributed by atoms with van der Waals surface area (Å²) in [4.78, 5) is 0. The Morgan fingerprint density at radius 1 is 1.00 bits per heavy atom. The molecule has 88 valence electrons. The van der Waals surface area contributed by atoms with Crippen LogP contribution >= 0.6 is 12.6 Å². The van der Waals surface area contributed by atoms with Gasteiger partial charge in [-0.25, -0.2) is 0 Å². The van der Waals surface area contributed by atoms with Crippen LogP contribution in [-0.2, 0) is 0 Å². The van der Waals surface area contributed by atoms with E-state index in [4.69, 9.17) is 5.26 Å². The highest BCUT2D eigenvalue weighted by Crippen LogP contribution is 2.20. The summed E-state index contributed by atoms with van der Waals surface area (Å²) in [5.41, 5.74) is 4.07. The van der Waals surface area contributed by atoms with Crippen molar-refractivity contribution in [3.8, 4) is 6.07 Å². The lowest BCUT2D eigenvalue weighted by molar-refractivity contribution is 1.36. The Morgan fingerprint density at radius 2 is 1.53 bits per heavy atom. The molecular weight excluding hydrogens is 226 g/mol. The van der Waals surface area contributed by atoms with E-state index in [9.17, 15) is 0 Å². The van der Waals surface area contributed by atoms with Crippen LogP contribution in [0.1, 0.15) is 16.7 Å². The minimum Gasteiger partial charge on any atom is -0.197 e. The van der Waals surface area contributed by atoms with E-state index in [1.165, 1.54) is 27.5 Å². The molecule has 0 heterocycles. The average Bonchev–Trinajstić information content (AvgIpc) is 2.31. The lowest BCUT2D eigenvalue weighted by atomic mass is 10.0. The third kappa shape index (κ3) is 3.80. The third-order valence-electron chi connectivity index (χ3n) is 2.68. The van der Waals surface area contributed by atoms with Crippen molar-refractivity contribution in [2.24, 2.45) is 0 Å². The zero-order chi connectivity index (χ0) is 12.8. The fourth-order valence-corrected chi connectivity index (χ4v) is 1.64. The van der Waals surface area contributed by atoms with E-state index >= 15 is 0 Å². The minimum atomic E-state index is 0.319. The molecule has 0 N–H and O–H groups in total. The smallest absolute Gasteiger partial charge is 0.0777 e. The molecule has 0 unspecified atom stereocenters. The molecule has 0 aromatic heterocycles. The fourth-order valence-electron chi connectivity index (χ4n) is 1.64. The Kier molecular flexibility index (Phi) is 5.06. The molecule has 1 nitrogen and oxygen atoms in total. The second kappa shape index (κ2) is 6.32. The van der Waals surface area contributed by atoms with Crippen LogP contribution in [0, 0.1) is 32.1 Å². The molecule has 2 aromatic carbocycles. The van der Waals surface area contributed by atoms with Gasteiger partial charge in [0.15, 0.2) is 0 Å². The topological polar surface area (TPSA) is 23.8 Å². The molecule has 0 amide bonds. The molecule has 17 heavy (non-hydrogen) atoms. The standard InChI is InChI=1S/C13H14.C2H3NS/c1-9-4-5-12-7-10(2)11(3)8-13(12)6-9;3-1-2-4/h4-8H,1-3H3;4H,2H2. The van der Waals surface area contributed by atoms with Crippen LogP contribution in [0.4, 0.5) is 0 Å². The number of rotatable bonds is 0. The van der Waals surface area contributed by atoms with Crippen LogP contribution < -0.4 is 0 Å². The SMILES string of the molecule is Cc1ccc2cc(C)c(C)cc2c1.N#CCS. The van der Waals surface area contributed by atoms with Crippen LogP contribution in [0.3, 0.4) is 0 Å². The maximum atomic E-state index is 7.55. The van der Waals surface area contributed by atoms with Gasteiger partial charge in [0.2, 0.25) is 0 Å². The predicted octanol–water partition coefficient (Wildman–Crippen LogP) is 4.20. The number of nitriles is 1. The van der Waals surface area contributed by atoms with Gasteiger partial charge in [-0.15, -0.1) is 0 Å². The molecule has 0 atom stereocenters. The van der Waals surface area contributed by atoms with Crippen LogP contribution in [0.15, 0.2) is 30.3 Å². The third-order valence-corrected chi connectivity index (χ3v) is 2.82. The summed E-state index contributed by atoms with van der Waals surface area (Å²) in [7, 11) is 0. The summed E-state index contributed by atoms with van der Waals surface area (Å²) in [6, 6.07) is 12.9. The van der Waals surface area contributed by atoms with Gasteiger partial charge in [0.05, 0.1) is 11.8 Å². The van der Waals surface area contributed by atoms with Gasteiger partial charge < -0.3 is 0 Å². The average molecular weight is 243 g/mol. The quantitative estimate of drug-likeness (QED) is 0.689. The van der Waals surface area contributed by atoms with E-state index in [2.05, 4.69) is 63.7 Å². The maximum absolute atomic E-state index is 7.55. The van der Waals surface area contributed by atoms with E-state index < -0.39 is 0 Å². The fraction of sp³-hybridized carbons (Fsp3) is 0.267. The van der Waals surface area contributed by atoms with Crippen LogP contribution in [-0.4, -0.2) is 5.75 Å². The minimum absolute atomic E-state index is 0.319. The van der Waals surface area contributed by atoms with E-state index in [0.29, 0.717) is 5.75 Å². The Hall–Kier alpha value is -1.46. The molecule has 0 aliphatic heterocycles. The number of nitrogens with zero attached hydrogens (tertiary/aromatic N) is 1. The van der Waals surface area contributed by atoms with Crippen molar-refractivity contribution in [2.45, 2.75) is 20.8 Å². The van der Waals surface area contributed by atoms with Crippen molar-refractivity contribution in [1.29, 1.82) is 5.26 Å². The molecule has 2 rings (SSSR count). The highest BCUT2D eigenvalue weighted by Gasteiger charge is 1.97. The second-order valence-electron chi connectivity index (χ2n) is 4.10. The van der Waals surface area contributed by atoms with Crippen LogP contribution in [0.5, 0.6) is 0 Å². The number of hydrogen-bond acceptors (Lipinski definition) is 2. The van der Waals surface area contributed by atoms with E-state index in [0.717, 1.165) is 0 Å². The van der Waals surface area contributed by atoms with Crippen molar-refractivity contribution in [2.75, 3.05) is 5.75 Å². The summed E-state index contributed by atoms with van der Waals surface area (Å²) in [5, 5.41) is 10.2. The number of thiol groups is 1. The summed E-state index contributed by atoms with van der Waals surface area (Å²) in [5.74, 6) is 0.319. The lowest BCUT2D eigenvalue weighted by Crippen LogP contribution is -1.82. The van der Waals surface area contributed by atoms with Crippen LogP contribution in [0.2, 0.25) is 0 Å². The van der Waals surface area contributed by atoms with Crippen LogP contribution in [0.25, 0.3) is 10.8 Å². The predicted molar refractivity (Wildman–Crippen MR) is 77.6 cm³/mol. The first-order chi connectivity index (χ1) is 8.08. The van der Waals surface area contributed by atoms with Crippen molar-refractivity contribution >= 4 is 23.4 Å². The monoisotopic (exact) mass is 243 g/mol. The van der Waals surface area contributed by atoms with Gasteiger partial charge in [0, 0.05) is 0 Å². The largest absolute Gasteiger partial charge is 0.197 e. The first-order valence-corrected chi connectivity index (χ1v) is 6.17. The van der Waals surface area contributed by atoms with E-state index in [1.54, 1.807) is 6.07 Å². The Bertz CT molecular complexity index is 553. The lowest BCUT2D eigenvalue weighted by Gasteiger charge is -2.04. The first kappa shape index (κ1) is 13.6. The zero-order valence-corrected chi connectivity index (χ0v) is 11.4. The van der Waals surface area contributed by atoms with E-state index in [1.807, 2.05) is 0 Å². The molecule has 0 aliphatic rings. The molecule has 0 spiro atoms. The molecule has 0 radical (unpaired) electrons. The number of benzene rings is 2. The summed E-state index contributed by atoms with van der Waals surface area (Å²) in [6.07, 6.45) is 0. The Balaban J connectivity index is 0.000000317. The van der Waals surface area contributed by atoms with Gasteiger partial charge in [0.1, 0.15) is 0 Å². The molecule has 2 aromatic rings. The van der Waals surface area contributed by atoms with E-state index in [-0.39, 0.29) is 0 Å². The molecule has 0 bridgehead atoms. The van der Waals surface area contributed by atoms with Gasteiger partial charge in [0.25, 0.3) is 0 Å². The van der Waals surface area contributed by atoms with Gasteiger partial charge in [-0.3, -0.25) is 0 Å². The second-order valence-corrected chi connectivity index (χ2v) is 4.42. The van der Waals surface area contributed by atoms with Gasteiger partial charge in [-0.05, 0) is 42.7 Å². The molecule has 0 fully saturated rings. The summed E-state index contributed by atoms with van der Waals surface area (Å²) in [6.45, 7) is 6.46. The summed E-state index contributed by atoms with van der Waals surface area (Å²) < 4.78 is 0. The van der Waals surface area contributed by atoms with Crippen molar-refractivity contribution in [1.82, 2.24) is 0 Å². The van der Waals surface area contributed by atoms with Gasteiger partial charge >= 0.3 is 0 Å². The summed E-state index contributed by atoms with van der Waals surface area (Å²) >= 11 is 3.56. The molecule has 0 saturated carbocycles. The molecular formula is C15H17NS.